The Hall–Kier alpha value is -2.81. The van der Waals surface area contributed by atoms with E-state index in [4.69, 9.17) is 14.0 Å². The molecule has 0 atom stereocenters. The Kier molecular flexibility index (Phi) is 5.20. The molecule has 1 saturated heterocycles. The van der Waals surface area contributed by atoms with Crippen molar-refractivity contribution in [3.63, 3.8) is 0 Å². The lowest BCUT2D eigenvalue weighted by atomic mass is 10.0. The van der Waals surface area contributed by atoms with E-state index in [0.717, 1.165) is 54.8 Å². The molecule has 30 heavy (non-hydrogen) atoms. The number of nitrogens with one attached hydrogen (secondary N) is 1. The molecule has 0 amide bonds. The molecule has 0 radical (unpaired) electrons. The first kappa shape index (κ1) is 19.2. The lowest BCUT2D eigenvalue weighted by Gasteiger charge is -2.27. The zero-order chi connectivity index (χ0) is 20.5. The molecule has 0 unspecified atom stereocenters. The molecule has 3 aromatic heterocycles. The Morgan fingerprint density at radius 2 is 2.03 bits per heavy atom. The number of morpholine rings is 1. The van der Waals surface area contributed by atoms with Gasteiger partial charge in [0.15, 0.2) is 5.82 Å². The van der Waals surface area contributed by atoms with Gasteiger partial charge in [0.2, 0.25) is 0 Å². The van der Waals surface area contributed by atoms with Crippen LogP contribution in [0.15, 0.2) is 28.9 Å². The standard InChI is InChI=1S/C22H25N5O3/c1-3-18-25-22(30-26-18)21-15(13-28-2)20-17(11-23-21)24-16-6-4-5-14(19(16)20)12-27-7-9-29-10-8-27/h4-6,11,24H,3,7-10,12-13H2,1-2H3. The van der Waals surface area contributed by atoms with Crippen molar-refractivity contribution in [2.45, 2.75) is 26.5 Å². The quantitative estimate of drug-likeness (QED) is 0.524. The van der Waals surface area contributed by atoms with Crippen LogP contribution in [0.1, 0.15) is 23.9 Å². The molecule has 0 saturated carbocycles. The summed E-state index contributed by atoms with van der Waals surface area (Å²) in [7, 11) is 1.69. The predicted octanol–water partition coefficient (Wildman–Crippen LogP) is 3.31. The molecule has 1 aliphatic heterocycles. The highest BCUT2D eigenvalue weighted by molar-refractivity contribution is 6.11. The van der Waals surface area contributed by atoms with E-state index in [0.29, 0.717) is 30.4 Å². The minimum atomic E-state index is 0.405. The van der Waals surface area contributed by atoms with Crippen LogP contribution >= 0.6 is 0 Å². The largest absolute Gasteiger partial charge is 0.380 e. The Morgan fingerprint density at radius 1 is 1.17 bits per heavy atom. The van der Waals surface area contributed by atoms with E-state index in [-0.39, 0.29) is 0 Å². The van der Waals surface area contributed by atoms with Crippen LogP contribution in [0.3, 0.4) is 0 Å². The van der Waals surface area contributed by atoms with E-state index >= 15 is 0 Å². The molecule has 4 aromatic rings. The monoisotopic (exact) mass is 407 g/mol. The number of methoxy groups -OCH3 is 1. The molecule has 8 nitrogen and oxygen atoms in total. The van der Waals surface area contributed by atoms with Gasteiger partial charge < -0.3 is 19.0 Å². The van der Waals surface area contributed by atoms with E-state index in [1.54, 1.807) is 7.11 Å². The molecule has 0 bridgehead atoms. The first-order valence-corrected chi connectivity index (χ1v) is 10.3. The van der Waals surface area contributed by atoms with Crippen molar-refractivity contribution >= 4 is 21.8 Å². The molecule has 1 fully saturated rings. The van der Waals surface area contributed by atoms with Crippen LogP contribution < -0.4 is 0 Å². The molecule has 8 heteroatoms. The number of fused-ring (bicyclic) bond motifs is 3. The van der Waals surface area contributed by atoms with Gasteiger partial charge in [0.1, 0.15) is 5.69 Å². The Morgan fingerprint density at radius 3 is 2.80 bits per heavy atom. The number of hydrogen-bond acceptors (Lipinski definition) is 7. The van der Waals surface area contributed by atoms with Crippen molar-refractivity contribution in [2.24, 2.45) is 0 Å². The highest BCUT2D eigenvalue weighted by Crippen LogP contribution is 2.35. The normalized spacial score (nSPS) is 15.4. The van der Waals surface area contributed by atoms with Crippen LogP contribution in [0.4, 0.5) is 0 Å². The van der Waals surface area contributed by atoms with Gasteiger partial charge in [0.25, 0.3) is 5.89 Å². The second kappa shape index (κ2) is 8.14. The van der Waals surface area contributed by atoms with Crippen molar-refractivity contribution in [1.29, 1.82) is 0 Å². The van der Waals surface area contributed by atoms with Gasteiger partial charge in [-0.3, -0.25) is 4.90 Å². The van der Waals surface area contributed by atoms with Crippen LogP contribution in [0, 0.1) is 0 Å². The Labute approximate surface area is 174 Å². The molecule has 1 N–H and O–H groups in total. The van der Waals surface area contributed by atoms with Gasteiger partial charge in [0, 0.05) is 55.0 Å². The first-order chi connectivity index (χ1) is 14.8. The zero-order valence-corrected chi connectivity index (χ0v) is 17.3. The summed E-state index contributed by atoms with van der Waals surface area (Å²) in [5.41, 5.74) is 4.98. The number of rotatable bonds is 6. The fourth-order valence-corrected chi connectivity index (χ4v) is 4.17. The highest BCUT2D eigenvalue weighted by atomic mass is 16.5. The summed E-state index contributed by atoms with van der Waals surface area (Å²) < 4.78 is 16.6. The van der Waals surface area contributed by atoms with Crippen LogP contribution in [-0.2, 0) is 29.0 Å². The second-order valence-corrected chi connectivity index (χ2v) is 7.53. The average Bonchev–Trinajstić information content (AvgIpc) is 3.40. The third-order valence-corrected chi connectivity index (χ3v) is 5.62. The van der Waals surface area contributed by atoms with Gasteiger partial charge in [-0.1, -0.05) is 24.2 Å². The van der Waals surface area contributed by atoms with E-state index in [1.165, 1.54) is 10.9 Å². The number of aromatic amines is 1. The maximum atomic E-state index is 5.57. The zero-order valence-electron chi connectivity index (χ0n) is 17.3. The summed E-state index contributed by atoms with van der Waals surface area (Å²) in [5, 5.41) is 6.35. The van der Waals surface area contributed by atoms with Crippen LogP contribution in [-0.4, -0.2) is 58.4 Å². The SMILES string of the molecule is CCc1noc(-c2ncc3[nH]c4cccc(CN5CCOCC5)c4c3c2COC)n1. The van der Waals surface area contributed by atoms with E-state index in [9.17, 15) is 0 Å². The Bertz CT molecular complexity index is 1180. The van der Waals surface area contributed by atoms with E-state index in [1.807, 2.05) is 13.1 Å². The van der Waals surface area contributed by atoms with Crippen LogP contribution in [0.5, 0.6) is 0 Å². The van der Waals surface area contributed by atoms with E-state index < -0.39 is 0 Å². The molecule has 156 valence electrons. The molecule has 1 aromatic carbocycles. The molecule has 1 aliphatic rings. The van der Waals surface area contributed by atoms with Crippen LogP contribution in [0.2, 0.25) is 0 Å². The summed E-state index contributed by atoms with van der Waals surface area (Å²) in [4.78, 5) is 15.1. The van der Waals surface area contributed by atoms with Gasteiger partial charge in [-0.2, -0.15) is 4.98 Å². The minimum Gasteiger partial charge on any atom is -0.380 e. The Balaban J connectivity index is 1.70. The average molecular weight is 407 g/mol. The summed E-state index contributed by atoms with van der Waals surface area (Å²) in [6, 6.07) is 6.41. The fourth-order valence-electron chi connectivity index (χ4n) is 4.17. The van der Waals surface area contributed by atoms with Crippen molar-refractivity contribution in [2.75, 3.05) is 33.4 Å². The number of pyridine rings is 1. The second-order valence-electron chi connectivity index (χ2n) is 7.53. The van der Waals surface area contributed by atoms with Gasteiger partial charge in [-0.15, -0.1) is 0 Å². The van der Waals surface area contributed by atoms with E-state index in [2.05, 4.69) is 43.2 Å². The lowest BCUT2D eigenvalue weighted by Crippen LogP contribution is -2.35. The van der Waals surface area contributed by atoms with Gasteiger partial charge in [-0.05, 0) is 11.6 Å². The minimum absolute atomic E-state index is 0.405. The van der Waals surface area contributed by atoms with Crippen molar-refractivity contribution in [3.8, 4) is 11.6 Å². The van der Waals surface area contributed by atoms with Crippen molar-refractivity contribution in [3.05, 3.63) is 41.3 Å². The maximum absolute atomic E-state index is 5.57. The summed E-state index contributed by atoms with van der Waals surface area (Å²) in [5.74, 6) is 1.10. The number of nitrogens with zero attached hydrogens (tertiary/aromatic N) is 4. The van der Waals surface area contributed by atoms with Crippen LogP contribution in [0.25, 0.3) is 33.4 Å². The number of aryl methyl sites for hydroxylation is 1. The highest BCUT2D eigenvalue weighted by Gasteiger charge is 2.22. The topological polar surface area (TPSA) is 89.3 Å². The lowest BCUT2D eigenvalue weighted by molar-refractivity contribution is 0.0344. The molecule has 4 heterocycles. The van der Waals surface area contributed by atoms with Crippen molar-refractivity contribution < 1.29 is 14.0 Å². The molecule has 0 spiro atoms. The van der Waals surface area contributed by atoms with Gasteiger partial charge >= 0.3 is 0 Å². The molecular weight excluding hydrogens is 382 g/mol. The van der Waals surface area contributed by atoms with Crippen molar-refractivity contribution in [1.82, 2.24) is 25.0 Å². The summed E-state index contributed by atoms with van der Waals surface area (Å²) in [6.45, 7) is 6.73. The number of aromatic nitrogens is 4. The molecular formula is C22H25N5O3. The van der Waals surface area contributed by atoms with Gasteiger partial charge in [-0.25, -0.2) is 4.98 Å². The maximum Gasteiger partial charge on any atom is 0.276 e. The molecule has 5 rings (SSSR count). The number of H-pyrrole nitrogens is 1. The molecule has 0 aliphatic carbocycles. The number of benzene rings is 1. The first-order valence-electron chi connectivity index (χ1n) is 10.3. The third-order valence-electron chi connectivity index (χ3n) is 5.62. The number of ether oxygens (including phenoxy) is 2. The smallest absolute Gasteiger partial charge is 0.276 e. The summed E-state index contributed by atoms with van der Waals surface area (Å²) >= 11 is 0. The summed E-state index contributed by atoms with van der Waals surface area (Å²) in [6.07, 6.45) is 2.56. The fraction of sp³-hybridized carbons (Fsp3) is 0.409. The van der Waals surface area contributed by atoms with Gasteiger partial charge in [0.05, 0.1) is 31.5 Å². The third kappa shape index (κ3) is 3.36. The predicted molar refractivity (Wildman–Crippen MR) is 113 cm³/mol. The number of hydrogen-bond donors (Lipinski definition) is 1.